The standard InChI is InChI=1S/C9H9NO2/c11-5-7-6-12-9-4-2-1-3-8(9)10-7/h1-5,7,10H,6H2. The lowest BCUT2D eigenvalue weighted by Gasteiger charge is -2.23. The Morgan fingerprint density at radius 1 is 1.50 bits per heavy atom. The topological polar surface area (TPSA) is 38.3 Å². The first-order chi connectivity index (χ1) is 5.90. The van der Waals surface area contributed by atoms with Crippen LogP contribution in [0.3, 0.4) is 0 Å². The number of aldehydes is 1. The average Bonchev–Trinajstić information content (AvgIpc) is 2.17. The second kappa shape index (κ2) is 2.85. The van der Waals surface area contributed by atoms with E-state index in [0.717, 1.165) is 17.7 Å². The Kier molecular flexibility index (Phi) is 1.70. The molecule has 1 aliphatic heterocycles. The quantitative estimate of drug-likeness (QED) is 0.629. The second-order valence-corrected chi connectivity index (χ2v) is 2.69. The highest BCUT2D eigenvalue weighted by Crippen LogP contribution is 2.27. The van der Waals surface area contributed by atoms with Crippen LogP contribution in [-0.2, 0) is 4.79 Å². The summed E-state index contributed by atoms with van der Waals surface area (Å²) in [5.41, 5.74) is 0.890. The lowest BCUT2D eigenvalue weighted by Crippen LogP contribution is -2.32. The van der Waals surface area contributed by atoms with Gasteiger partial charge in [-0.25, -0.2) is 0 Å². The number of rotatable bonds is 1. The van der Waals surface area contributed by atoms with Crippen LogP contribution in [0.4, 0.5) is 5.69 Å². The van der Waals surface area contributed by atoms with Crippen LogP contribution in [0.15, 0.2) is 24.3 Å². The van der Waals surface area contributed by atoms with E-state index in [0.29, 0.717) is 6.61 Å². The molecule has 1 N–H and O–H groups in total. The van der Waals surface area contributed by atoms with Gasteiger partial charge in [0.25, 0.3) is 0 Å². The van der Waals surface area contributed by atoms with Gasteiger partial charge in [-0.15, -0.1) is 0 Å². The summed E-state index contributed by atoms with van der Waals surface area (Å²) in [6.45, 7) is 0.417. The molecule has 1 aromatic carbocycles. The van der Waals surface area contributed by atoms with Gasteiger partial charge in [0.1, 0.15) is 24.7 Å². The lowest BCUT2D eigenvalue weighted by atomic mass is 10.2. The highest BCUT2D eigenvalue weighted by molar-refractivity contribution is 5.69. The Bertz CT molecular complexity index is 298. The Morgan fingerprint density at radius 2 is 2.33 bits per heavy atom. The molecule has 0 spiro atoms. The van der Waals surface area contributed by atoms with Crippen LogP contribution >= 0.6 is 0 Å². The third kappa shape index (κ3) is 1.13. The van der Waals surface area contributed by atoms with E-state index in [1.165, 1.54) is 0 Å². The number of benzene rings is 1. The summed E-state index contributed by atoms with van der Waals surface area (Å²) in [5.74, 6) is 0.815. The molecule has 1 heterocycles. The van der Waals surface area contributed by atoms with Gasteiger partial charge in [0.05, 0.1) is 5.69 Å². The van der Waals surface area contributed by atoms with Crippen molar-refractivity contribution in [2.75, 3.05) is 11.9 Å². The van der Waals surface area contributed by atoms with Gasteiger partial charge in [0.2, 0.25) is 0 Å². The molecule has 0 radical (unpaired) electrons. The van der Waals surface area contributed by atoms with Gasteiger partial charge >= 0.3 is 0 Å². The van der Waals surface area contributed by atoms with Gasteiger partial charge in [-0.05, 0) is 12.1 Å². The van der Waals surface area contributed by atoms with E-state index < -0.39 is 0 Å². The normalized spacial score (nSPS) is 20.2. The maximum absolute atomic E-state index is 10.4. The summed E-state index contributed by atoms with van der Waals surface area (Å²) < 4.78 is 5.33. The summed E-state index contributed by atoms with van der Waals surface area (Å²) in [5, 5.41) is 3.05. The fourth-order valence-electron chi connectivity index (χ4n) is 1.21. The number of hydrogen-bond donors (Lipinski definition) is 1. The minimum absolute atomic E-state index is 0.208. The van der Waals surface area contributed by atoms with Crippen molar-refractivity contribution in [1.82, 2.24) is 0 Å². The number of anilines is 1. The van der Waals surface area contributed by atoms with Crippen molar-refractivity contribution < 1.29 is 9.53 Å². The zero-order valence-electron chi connectivity index (χ0n) is 6.49. The minimum Gasteiger partial charge on any atom is -0.489 e. The second-order valence-electron chi connectivity index (χ2n) is 2.69. The Morgan fingerprint density at radius 3 is 3.17 bits per heavy atom. The van der Waals surface area contributed by atoms with E-state index in [1.807, 2.05) is 24.3 Å². The van der Waals surface area contributed by atoms with Crippen molar-refractivity contribution in [2.45, 2.75) is 6.04 Å². The fourth-order valence-corrected chi connectivity index (χ4v) is 1.21. The molecule has 0 fully saturated rings. The molecule has 0 saturated heterocycles. The summed E-state index contributed by atoms with van der Waals surface area (Å²) in [6, 6.07) is 7.37. The monoisotopic (exact) mass is 163 g/mol. The maximum Gasteiger partial charge on any atom is 0.145 e. The van der Waals surface area contributed by atoms with E-state index in [4.69, 9.17) is 4.74 Å². The van der Waals surface area contributed by atoms with Crippen LogP contribution in [0, 0.1) is 0 Å². The SMILES string of the molecule is O=CC1COc2ccccc2N1. The molecule has 2 rings (SSSR count). The van der Waals surface area contributed by atoms with E-state index in [2.05, 4.69) is 5.32 Å². The van der Waals surface area contributed by atoms with Crippen molar-refractivity contribution in [3.05, 3.63) is 24.3 Å². The van der Waals surface area contributed by atoms with Crippen molar-refractivity contribution in [3.63, 3.8) is 0 Å². The van der Waals surface area contributed by atoms with E-state index in [1.54, 1.807) is 0 Å². The van der Waals surface area contributed by atoms with E-state index in [9.17, 15) is 4.79 Å². The number of para-hydroxylation sites is 2. The van der Waals surface area contributed by atoms with Crippen LogP contribution in [0.2, 0.25) is 0 Å². The van der Waals surface area contributed by atoms with Crippen molar-refractivity contribution in [1.29, 1.82) is 0 Å². The van der Waals surface area contributed by atoms with E-state index in [-0.39, 0.29) is 6.04 Å². The Hall–Kier alpha value is -1.51. The summed E-state index contributed by atoms with van der Waals surface area (Å²) in [4.78, 5) is 10.4. The first kappa shape index (κ1) is 7.16. The molecule has 0 amide bonds. The fraction of sp³-hybridized carbons (Fsp3) is 0.222. The first-order valence-corrected chi connectivity index (χ1v) is 3.84. The highest BCUT2D eigenvalue weighted by Gasteiger charge is 2.16. The zero-order chi connectivity index (χ0) is 8.39. The maximum atomic E-state index is 10.4. The van der Waals surface area contributed by atoms with Gasteiger partial charge in [-0.2, -0.15) is 0 Å². The number of hydrogen-bond acceptors (Lipinski definition) is 3. The van der Waals surface area contributed by atoms with Gasteiger partial charge in [-0.1, -0.05) is 12.1 Å². The molecule has 1 aliphatic rings. The van der Waals surface area contributed by atoms with Crippen molar-refractivity contribution in [3.8, 4) is 5.75 Å². The molecule has 0 aromatic heterocycles. The Balaban J connectivity index is 2.28. The number of ether oxygens (including phenoxy) is 1. The van der Waals surface area contributed by atoms with Crippen LogP contribution in [0.5, 0.6) is 5.75 Å². The molecule has 3 nitrogen and oxygen atoms in total. The highest BCUT2D eigenvalue weighted by atomic mass is 16.5. The van der Waals surface area contributed by atoms with Gasteiger partial charge in [-0.3, -0.25) is 0 Å². The molecule has 1 unspecified atom stereocenters. The molecular weight excluding hydrogens is 154 g/mol. The summed E-state index contributed by atoms with van der Waals surface area (Å²) in [7, 11) is 0. The minimum atomic E-state index is -0.208. The first-order valence-electron chi connectivity index (χ1n) is 3.84. The van der Waals surface area contributed by atoms with Crippen LogP contribution < -0.4 is 10.1 Å². The van der Waals surface area contributed by atoms with E-state index >= 15 is 0 Å². The van der Waals surface area contributed by atoms with Crippen LogP contribution in [-0.4, -0.2) is 18.9 Å². The molecule has 1 atom stereocenters. The van der Waals surface area contributed by atoms with Gasteiger partial charge in [0.15, 0.2) is 0 Å². The van der Waals surface area contributed by atoms with Crippen LogP contribution in [0.1, 0.15) is 0 Å². The molecule has 0 saturated carbocycles. The van der Waals surface area contributed by atoms with Crippen molar-refractivity contribution >= 4 is 12.0 Å². The number of carbonyl (C=O) groups is 1. The lowest BCUT2D eigenvalue weighted by molar-refractivity contribution is -0.109. The molecule has 0 bridgehead atoms. The van der Waals surface area contributed by atoms with Crippen LogP contribution in [0.25, 0.3) is 0 Å². The predicted octanol–water partition coefficient (Wildman–Crippen LogP) is 1.06. The summed E-state index contributed by atoms with van der Waals surface area (Å²) in [6.07, 6.45) is 0.857. The third-order valence-electron chi connectivity index (χ3n) is 1.81. The zero-order valence-corrected chi connectivity index (χ0v) is 6.49. The van der Waals surface area contributed by atoms with Crippen molar-refractivity contribution in [2.24, 2.45) is 0 Å². The largest absolute Gasteiger partial charge is 0.489 e. The Labute approximate surface area is 70.3 Å². The number of fused-ring (bicyclic) bond motifs is 1. The van der Waals surface area contributed by atoms with Gasteiger partial charge < -0.3 is 14.8 Å². The number of nitrogens with one attached hydrogen (secondary N) is 1. The smallest absolute Gasteiger partial charge is 0.145 e. The molecule has 0 aliphatic carbocycles. The molecule has 62 valence electrons. The summed E-state index contributed by atoms with van der Waals surface area (Å²) >= 11 is 0. The molecule has 3 heteroatoms. The molecular formula is C9H9NO2. The third-order valence-corrected chi connectivity index (χ3v) is 1.81. The predicted molar refractivity (Wildman–Crippen MR) is 45.4 cm³/mol. The number of carbonyl (C=O) groups excluding carboxylic acids is 1. The van der Waals surface area contributed by atoms with Gasteiger partial charge in [0, 0.05) is 0 Å². The molecule has 1 aromatic rings. The molecule has 12 heavy (non-hydrogen) atoms. The average molecular weight is 163 g/mol.